The Hall–Kier alpha value is -3.55. The highest BCUT2D eigenvalue weighted by Crippen LogP contribution is 2.34. The van der Waals surface area contributed by atoms with Gasteiger partial charge in [0.25, 0.3) is 5.91 Å². The lowest BCUT2D eigenvalue weighted by molar-refractivity contribution is 0.0736. The van der Waals surface area contributed by atoms with Gasteiger partial charge in [-0.05, 0) is 29.8 Å². The summed E-state index contributed by atoms with van der Waals surface area (Å²) in [5.41, 5.74) is 3.99. The number of para-hydroxylation sites is 1. The molecule has 7 heteroatoms. The minimum absolute atomic E-state index is 0.0476. The summed E-state index contributed by atoms with van der Waals surface area (Å²) in [5.74, 6) is -0.254. The van der Waals surface area contributed by atoms with Crippen LogP contribution in [0.15, 0.2) is 84.2 Å². The van der Waals surface area contributed by atoms with Crippen LogP contribution in [-0.4, -0.2) is 42.0 Å². The molecule has 4 aromatic rings. The third-order valence-electron chi connectivity index (χ3n) is 5.88. The zero-order chi connectivity index (χ0) is 23.3. The summed E-state index contributed by atoms with van der Waals surface area (Å²) in [4.78, 5) is 21.4. The quantitative estimate of drug-likeness (QED) is 0.412. The van der Waals surface area contributed by atoms with E-state index in [1.807, 2.05) is 75.8 Å². The SMILES string of the molecule is O=C(c1ccc(CN(c2nc(-c3ccccc3)cs2)c2ccccc2F)cc1)N1CCNCC1. The van der Waals surface area contributed by atoms with Gasteiger partial charge in [-0.25, -0.2) is 9.37 Å². The number of hydrogen-bond acceptors (Lipinski definition) is 5. The first-order valence-electron chi connectivity index (χ1n) is 11.3. The van der Waals surface area contributed by atoms with E-state index in [-0.39, 0.29) is 11.7 Å². The molecule has 2 heterocycles. The molecule has 1 aromatic heterocycles. The van der Waals surface area contributed by atoms with Crippen molar-refractivity contribution in [2.45, 2.75) is 6.54 Å². The molecule has 1 fully saturated rings. The number of nitrogens with zero attached hydrogens (tertiary/aromatic N) is 3. The molecule has 0 saturated carbocycles. The molecule has 0 bridgehead atoms. The number of thiazole rings is 1. The second kappa shape index (κ2) is 10.2. The Labute approximate surface area is 202 Å². The number of anilines is 2. The van der Waals surface area contributed by atoms with Gasteiger partial charge in [-0.1, -0.05) is 54.6 Å². The highest BCUT2D eigenvalue weighted by molar-refractivity contribution is 7.14. The van der Waals surface area contributed by atoms with E-state index in [1.165, 1.54) is 17.4 Å². The summed E-state index contributed by atoms with van der Waals surface area (Å²) >= 11 is 1.48. The van der Waals surface area contributed by atoms with Crippen LogP contribution in [0.25, 0.3) is 11.3 Å². The first-order valence-corrected chi connectivity index (χ1v) is 12.2. The fraction of sp³-hybridized carbons (Fsp3) is 0.185. The molecule has 1 saturated heterocycles. The van der Waals surface area contributed by atoms with Gasteiger partial charge in [0.05, 0.1) is 17.9 Å². The number of hydrogen-bond donors (Lipinski definition) is 1. The first kappa shape index (κ1) is 22.3. The number of carbonyl (C=O) groups excluding carboxylic acids is 1. The Morgan fingerprint density at radius 1 is 0.971 bits per heavy atom. The van der Waals surface area contributed by atoms with Crippen LogP contribution in [0.1, 0.15) is 15.9 Å². The van der Waals surface area contributed by atoms with Crippen LogP contribution in [0.5, 0.6) is 0 Å². The lowest BCUT2D eigenvalue weighted by atomic mass is 10.1. The van der Waals surface area contributed by atoms with Crippen LogP contribution in [0.4, 0.5) is 15.2 Å². The van der Waals surface area contributed by atoms with Gasteiger partial charge in [-0.2, -0.15) is 0 Å². The van der Waals surface area contributed by atoms with E-state index in [4.69, 9.17) is 4.98 Å². The molecule has 1 amide bonds. The van der Waals surface area contributed by atoms with E-state index in [2.05, 4.69) is 5.32 Å². The number of piperazine rings is 1. The zero-order valence-corrected chi connectivity index (χ0v) is 19.5. The maximum Gasteiger partial charge on any atom is 0.253 e. The minimum atomic E-state index is -0.301. The third kappa shape index (κ3) is 4.85. The van der Waals surface area contributed by atoms with Gasteiger partial charge in [-0.3, -0.25) is 4.79 Å². The smallest absolute Gasteiger partial charge is 0.253 e. The van der Waals surface area contributed by atoms with Crippen LogP contribution >= 0.6 is 11.3 Å². The van der Waals surface area contributed by atoms with Gasteiger partial charge in [0.2, 0.25) is 0 Å². The predicted octanol–water partition coefficient (Wildman–Crippen LogP) is 5.33. The second-order valence-corrected chi connectivity index (χ2v) is 8.99. The van der Waals surface area contributed by atoms with Crippen LogP contribution < -0.4 is 10.2 Å². The molecule has 0 spiro atoms. The minimum Gasteiger partial charge on any atom is -0.336 e. The molecule has 1 aliphatic rings. The van der Waals surface area contributed by atoms with Crippen molar-refractivity contribution in [2.24, 2.45) is 0 Å². The van der Waals surface area contributed by atoms with Gasteiger partial charge < -0.3 is 15.1 Å². The maximum atomic E-state index is 14.8. The number of carbonyl (C=O) groups is 1. The van der Waals surface area contributed by atoms with Crippen LogP contribution in [0, 0.1) is 5.82 Å². The zero-order valence-electron chi connectivity index (χ0n) is 18.7. The standard InChI is InChI=1S/C27H25FN4OS/c28-23-8-4-5-9-25(23)32(27-30-24(19-34-27)21-6-2-1-3-7-21)18-20-10-12-22(13-11-20)26(33)31-16-14-29-15-17-31/h1-13,19,29H,14-18H2. The molecule has 1 aliphatic heterocycles. The molecule has 5 rings (SSSR count). The van der Waals surface area contributed by atoms with E-state index in [1.54, 1.807) is 12.1 Å². The molecular formula is C27H25FN4OS. The van der Waals surface area contributed by atoms with E-state index < -0.39 is 0 Å². The summed E-state index contributed by atoms with van der Waals surface area (Å²) in [7, 11) is 0. The number of aromatic nitrogens is 1. The van der Waals surface area contributed by atoms with Crippen molar-refractivity contribution in [3.05, 3.63) is 101 Å². The van der Waals surface area contributed by atoms with Crippen molar-refractivity contribution in [3.8, 4) is 11.3 Å². The van der Waals surface area contributed by atoms with Gasteiger partial charge in [0.1, 0.15) is 5.82 Å². The van der Waals surface area contributed by atoms with Gasteiger partial charge >= 0.3 is 0 Å². The molecule has 0 radical (unpaired) electrons. The molecule has 34 heavy (non-hydrogen) atoms. The van der Waals surface area contributed by atoms with Gasteiger partial charge in [0.15, 0.2) is 5.13 Å². The fourth-order valence-corrected chi connectivity index (χ4v) is 4.89. The number of halogens is 1. The van der Waals surface area contributed by atoms with Crippen molar-refractivity contribution in [3.63, 3.8) is 0 Å². The Balaban J connectivity index is 1.41. The number of amides is 1. The monoisotopic (exact) mass is 472 g/mol. The fourth-order valence-electron chi connectivity index (χ4n) is 4.04. The normalized spacial score (nSPS) is 13.6. The molecule has 3 aromatic carbocycles. The van der Waals surface area contributed by atoms with E-state index in [0.717, 1.165) is 43.0 Å². The number of nitrogens with one attached hydrogen (secondary N) is 1. The van der Waals surface area contributed by atoms with Gasteiger partial charge in [0, 0.05) is 42.7 Å². The summed E-state index contributed by atoms with van der Waals surface area (Å²) in [6.07, 6.45) is 0. The number of rotatable bonds is 6. The molecule has 1 N–H and O–H groups in total. The molecular weight excluding hydrogens is 447 g/mol. The topological polar surface area (TPSA) is 48.5 Å². The summed E-state index contributed by atoms with van der Waals surface area (Å²) < 4.78 is 14.8. The molecule has 0 unspecified atom stereocenters. The molecule has 0 atom stereocenters. The van der Waals surface area contributed by atoms with Crippen LogP contribution in [0.2, 0.25) is 0 Å². The Morgan fingerprint density at radius 3 is 2.41 bits per heavy atom. The predicted molar refractivity (Wildman–Crippen MR) is 135 cm³/mol. The van der Waals surface area contributed by atoms with Crippen molar-refractivity contribution in [1.29, 1.82) is 0 Å². The highest BCUT2D eigenvalue weighted by atomic mass is 32.1. The maximum absolute atomic E-state index is 14.8. The van der Waals surface area contributed by atoms with Crippen molar-refractivity contribution >= 4 is 28.1 Å². The molecule has 172 valence electrons. The third-order valence-corrected chi connectivity index (χ3v) is 6.75. The largest absolute Gasteiger partial charge is 0.336 e. The van der Waals surface area contributed by atoms with E-state index >= 15 is 0 Å². The molecule has 5 nitrogen and oxygen atoms in total. The first-order chi connectivity index (χ1) is 16.7. The number of benzene rings is 3. The van der Waals surface area contributed by atoms with Crippen LogP contribution in [0.3, 0.4) is 0 Å². The highest BCUT2D eigenvalue weighted by Gasteiger charge is 2.20. The second-order valence-electron chi connectivity index (χ2n) is 8.16. The Kier molecular flexibility index (Phi) is 6.65. The summed E-state index contributed by atoms with van der Waals surface area (Å²) in [6.45, 7) is 3.51. The lowest BCUT2D eigenvalue weighted by Gasteiger charge is -2.27. The van der Waals surface area contributed by atoms with E-state index in [9.17, 15) is 9.18 Å². The van der Waals surface area contributed by atoms with E-state index in [0.29, 0.717) is 22.9 Å². The average molecular weight is 473 g/mol. The van der Waals surface area contributed by atoms with Crippen molar-refractivity contribution in [2.75, 3.05) is 31.1 Å². The summed E-state index contributed by atoms with van der Waals surface area (Å²) in [5, 5.41) is 5.97. The Morgan fingerprint density at radius 2 is 1.68 bits per heavy atom. The summed E-state index contributed by atoms with van der Waals surface area (Å²) in [6, 6.07) is 24.3. The average Bonchev–Trinajstić information content (AvgIpc) is 3.39. The lowest BCUT2D eigenvalue weighted by Crippen LogP contribution is -2.46. The molecule has 0 aliphatic carbocycles. The van der Waals surface area contributed by atoms with Crippen LogP contribution in [-0.2, 0) is 6.54 Å². The van der Waals surface area contributed by atoms with Gasteiger partial charge in [-0.15, -0.1) is 11.3 Å². The van der Waals surface area contributed by atoms with Crippen molar-refractivity contribution in [1.82, 2.24) is 15.2 Å². The van der Waals surface area contributed by atoms with Crippen molar-refractivity contribution < 1.29 is 9.18 Å². The Bertz CT molecular complexity index is 1250.